The van der Waals surface area contributed by atoms with Crippen LogP contribution in [0, 0.1) is 0 Å². The van der Waals surface area contributed by atoms with Crippen LogP contribution in [0.25, 0.3) is 33.5 Å². The molecule has 0 aliphatic heterocycles. The number of nitrogens with one attached hydrogen (secondary N) is 1. The highest BCUT2D eigenvalue weighted by Crippen LogP contribution is 2.29. The topological polar surface area (TPSA) is 77.0 Å². The predicted molar refractivity (Wildman–Crippen MR) is 107 cm³/mol. The van der Waals surface area contributed by atoms with Crippen molar-refractivity contribution in [2.45, 2.75) is 31.3 Å². The van der Waals surface area contributed by atoms with E-state index in [1.165, 1.54) is 12.8 Å². The van der Waals surface area contributed by atoms with Crippen LogP contribution < -0.4 is 11.1 Å². The van der Waals surface area contributed by atoms with E-state index in [9.17, 15) is 0 Å². The molecular formula is C22H22N4O. The van der Waals surface area contributed by atoms with Crippen LogP contribution in [0.1, 0.15) is 31.0 Å². The highest BCUT2D eigenvalue weighted by Gasteiger charge is 2.21. The minimum Gasteiger partial charge on any atom is -0.453 e. The summed E-state index contributed by atoms with van der Waals surface area (Å²) in [5.74, 6) is 1.26. The van der Waals surface area contributed by atoms with Crippen molar-refractivity contribution >= 4 is 21.9 Å². The Hall–Kier alpha value is -2.76. The van der Waals surface area contributed by atoms with E-state index in [0.717, 1.165) is 40.5 Å². The van der Waals surface area contributed by atoms with Crippen LogP contribution in [0.2, 0.25) is 0 Å². The Morgan fingerprint density at radius 2 is 1.89 bits per heavy atom. The Balaban J connectivity index is 1.54. The van der Waals surface area contributed by atoms with Crippen molar-refractivity contribution in [3.63, 3.8) is 0 Å². The molecule has 2 aromatic carbocycles. The highest BCUT2D eigenvalue weighted by atomic mass is 16.3. The van der Waals surface area contributed by atoms with Crippen molar-refractivity contribution in [2.24, 2.45) is 5.73 Å². The number of aromatic nitrogens is 2. The Morgan fingerprint density at radius 3 is 2.74 bits per heavy atom. The molecule has 3 N–H and O–H groups in total. The molecule has 0 saturated heterocycles. The number of furan rings is 1. The second-order valence-electron chi connectivity index (χ2n) is 7.22. The van der Waals surface area contributed by atoms with Crippen molar-refractivity contribution in [1.82, 2.24) is 15.3 Å². The van der Waals surface area contributed by atoms with Gasteiger partial charge in [-0.05, 0) is 44.0 Å². The first kappa shape index (κ1) is 16.4. The average Bonchev–Trinajstić information content (AvgIpc) is 3.42. The second kappa shape index (κ2) is 6.76. The molecule has 1 aliphatic carbocycles. The third-order valence-electron chi connectivity index (χ3n) is 5.10. The molecular weight excluding hydrogens is 336 g/mol. The summed E-state index contributed by atoms with van der Waals surface area (Å²) in [4.78, 5) is 9.55. The lowest BCUT2D eigenvalue weighted by Gasteiger charge is -2.15. The van der Waals surface area contributed by atoms with Crippen LogP contribution in [0.4, 0.5) is 0 Å². The van der Waals surface area contributed by atoms with Gasteiger partial charge in [0.15, 0.2) is 11.6 Å². The third-order valence-corrected chi connectivity index (χ3v) is 5.10. The van der Waals surface area contributed by atoms with E-state index < -0.39 is 0 Å². The average molecular weight is 358 g/mol. The first-order valence-electron chi connectivity index (χ1n) is 9.52. The molecule has 1 fully saturated rings. The van der Waals surface area contributed by atoms with E-state index in [1.54, 1.807) is 0 Å². The van der Waals surface area contributed by atoms with Gasteiger partial charge in [-0.2, -0.15) is 0 Å². The van der Waals surface area contributed by atoms with Crippen molar-refractivity contribution in [1.29, 1.82) is 0 Å². The van der Waals surface area contributed by atoms with Gasteiger partial charge in [0.05, 0.1) is 11.2 Å². The molecule has 2 heterocycles. The minimum atomic E-state index is -0.146. The van der Waals surface area contributed by atoms with Crippen LogP contribution in [0.15, 0.2) is 59.0 Å². The first-order valence-corrected chi connectivity index (χ1v) is 9.52. The fourth-order valence-electron chi connectivity index (χ4n) is 3.45. The van der Waals surface area contributed by atoms with Gasteiger partial charge in [-0.15, -0.1) is 0 Å². The monoisotopic (exact) mass is 358 g/mol. The van der Waals surface area contributed by atoms with Crippen molar-refractivity contribution in [3.8, 4) is 11.6 Å². The molecule has 0 bridgehead atoms. The van der Waals surface area contributed by atoms with E-state index in [0.29, 0.717) is 17.6 Å². The highest BCUT2D eigenvalue weighted by molar-refractivity contribution is 5.85. The number of benzene rings is 2. The standard InChI is InChI=1S/C22H22N4O/c23-17(11-12-24-15-9-10-15)21-16-6-2-3-7-18(16)25-22(26-21)20-13-14-5-1-4-8-19(14)27-20/h1-8,13,15,17,24H,9-12,23H2. The lowest BCUT2D eigenvalue weighted by Crippen LogP contribution is -2.23. The smallest absolute Gasteiger partial charge is 0.196 e. The fraction of sp³-hybridized carbons (Fsp3) is 0.273. The lowest BCUT2D eigenvalue weighted by atomic mass is 10.1. The Bertz CT molecular complexity index is 1070. The largest absolute Gasteiger partial charge is 0.453 e. The number of para-hydroxylation sites is 2. The van der Waals surface area contributed by atoms with Crippen LogP contribution >= 0.6 is 0 Å². The molecule has 4 aromatic rings. The number of rotatable bonds is 6. The van der Waals surface area contributed by atoms with Gasteiger partial charge < -0.3 is 15.5 Å². The van der Waals surface area contributed by atoms with Crippen LogP contribution in [0.3, 0.4) is 0 Å². The molecule has 5 rings (SSSR count). The molecule has 27 heavy (non-hydrogen) atoms. The van der Waals surface area contributed by atoms with E-state index in [2.05, 4.69) is 5.32 Å². The van der Waals surface area contributed by atoms with E-state index in [-0.39, 0.29) is 6.04 Å². The second-order valence-corrected chi connectivity index (χ2v) is 7.22. The normalized spacial score (nSPS) is 15.4. The molecule has 5 heteroatoms. The van der Waals surface area contributed by atoms with E-state index in [4.69, 9.17) is 20.1 Å². The number of nitrogens with two attached hydrogens (primary N) is 1. The molecule has 1 unspecified atom stereocenters. The number of hydrogen-bond donors (Lipinski definition) is 2. The summed E-state index contributed by atoms with van der Waals surface area (Å²) in [6.07, 6.45) is 3.40. The summed E-state index contributed by atoms with van der Waals surface area (Å²) < 4.78 is 5.98. The van der Waals surface area contributed by atoms with Gasteiger partial charge >= 0.3 is 0 Å². The van der Waals surface area contributed by atoms with E-state index in [1.807, 2.05) is 54.6 Å². The molecule has 5 nitrogen and oxygen atoms in total. The summed E-state index contributed by atoms with van der Waals surface area (Å²) in [6, 6.07) is 18.5. The molecule has 1 atom stereocenters. The van der Waals surface area contributed by atoms with Gasteiger partial charge in [-0.3, -0.25) is 0 Å². The molecule has 1 aliphatic rings. The Kier molecular flexibility index (Phi) is 4.11. The summed E-state index contributed by atoms with van der Waals surface area (Å²) in [5.41, 5.74) is 9.14. The summed E-state index contributed by atoms with van der Waals surface area (Å²) in [6.45, 7) is 0.907. The predicted octanol–water partition coefficient (Wildman–Crippen LogP) is 4.18. The summed E-state index contributed by atoms with van der Waals surface area (Å²) in [5, 5.41) is 5.58. The van der Waals surface area contributed by atoms with Gasteiger partial charge in [-0.1, -0.05) is 36.4 Å². The minimum absolute atomic E-state index is 0.146. The quantitative estimate of drug-likeness (QED) is 0.540. The van der Waals surface area contributed by atoms with E-state index >= 15 is 0 Å². The van der Waals surface area contributed by atoms with Crippen molar-refractivity contribution in [2.75, 3.05) is 6.54 Å². The van der Waals surface area contributed by atoms with Gasteiger partial charge in [0.1, 0.15) is 5.58 Å². The first-order chi connectivity index (χ1) is 13.3. The number of nitrogens with zero attached hydrogens (tertiary/aromatic N) is 2. The Labute approximate surface area is 157 Å². The van der Waals surface area contributed by atoms with Crippen molar-refractivity contribution in [3.05, 3.63) is 60.3 Å². The van der Waals surface area contributed by atoms with Gasteiger partial charge in [0, 0.05) is 22.9 Å². The molecule has 2 aromatic heterocycles. The maximum absolute atomic E-state index is 6.53. The Morgan fingerprint density at radius 1 is 1.07 bits per heavy atom. The maximum atomic E-state index is 6.53. The van der Waals surface area contributed by atoms with Crippen LogP contribution in [-0.4, -0.2) is 22.6 Å². The molecule has 0 spiro atoms. The van der Waals surface area contributed by atoms with Crippen LogP contribution in [-0.2, 0) is 0 Å². The van der Waals surface area contributed by atoms with Crippen LogP contribution in [0.5, 0.6) is 0 Å². The van der Waals surface area contributed by atoms with Gasteiger partial charge in [0.2, 0.25) is 0 Å². The van der Waals surface area contributed by atoms with Gasteiger partial charge in [0.25, 0.3) is 0 Å². The van der Waals surface area contributed by atoms with Gasteiger partial charge in [-0.25, -0.2) is 9.97 Å². The summed E-state index contributed by atoms with van der Waals surface area (Å²) >= 11 is 0. The maximum Gasteiger partial charge on any atom is 0.196 e. The fourth-order valence-corrected chi connectivity index (χ4v) is 3.45. The third kappa shape index (κ3) is 3.31. The number of fused-ring (bicyclic) bond motifs is 2. The molecule has 136 valence electrons. The zero-order chi connectivity index (χ0) is 18.2. The zero-order valence-electron chi connectivity index (χ0n) is 15.1. The lowest BCUT2D eigenvalue weighted by molar-refractivity contribution is 0.570. The van der Waals surface area contributed by atoms with Crippen molar-refractivity contribution < 1.29 is 4.42 Å². The zero-order valence-corrected chi connectivity index (χ0v) is 15.1. The SMILES string of the molecule is NC(CCNC1CC1)c1nc(-c2cc3ccccc3o2)nc2ccccc12. The summed E-state index contributed by atoms with van der Waals surface area (Å²) in [7, 11) is 0. The number of hydrogen-bond acceptors (Lipinski definition) is 5. The molecule has 1 saturated carbocycles. The molecule has 0 radical (unpaired) electrons. The molecule has 0 amide bonds.